The van der Waals surface area contributed by atoms with E-state index < -0.39 is 11.7 Å². The van der Waals surface area contributed by atoms with Gasteiger partial charge in [0.25, 0.3) is 0 Å². The molecule has 1 aromatic rings. The van der Waals surface area contributed by atoms with E-state index in [1.165, 1.54) is 17.8 Å². The van der Waals surface area contributed by atoms with Gasteiger partial charge >= 0.3 is 6.18 Å². The van der Waals surface area contributed by atoms with Crippen molar-refractivity contribution in [1.82, 2.24) is 0 Å². The van der Waals surface area contributed by atoms with E-state index in [2.05, 4.69) is 40.1 Å². The Kier molecular flexibility index (Phi) is 5.24. The molecular weight excluding hydrogens is 365 g/mol. The van der Waals surface area contributed by atoms with Crippen molar-refractivity contribution < 1.29 is 13.2 Å². The first-order valence-corrected chi connectivity index (χ1v) is 8.39. The summed E-state index contributed by atoms with van der Waals surface area (Å²) in [6, 6.07) is 4.26. The molecule has 1 aromatic carbocycles. The molecule has 2 nitrogen and oxygen atoms in total. The summed E-state index contributed by atoms with van der Waals surface area (Å²) in [6.07, 6.45) is -3.44. The van der Waals surface area contributed by atoms with Crippen LogP contribution >= 0.6 is 27.7 Å². The zero-order valence-corrected chi connectivity index (χ0v) is 14.1. The maximum Gasteiger partial charge on any atom is 0.418 e. The molecule has 116 valence electrons. The number of alkyl halides is 3. The Balaban J connectivity index is 2.27. The van der Waals surface area contributed by atoms with Crippen LogP contribution in [0.15, 0.2) is 27.7 Å². The van der Waals surface area contributed by atoms with Gasteiger partial charge in [0.2, 0.25) is 0 Å². The minimum absolute atomic E-state index is 0.0429. The van der Waals surface area contributed by atoms with Crippen molar-refractivity contribution in [2.75, 3.05) is 11.1 Å². The largest absolute Gasteiger partial charge is 0.418 e. The summed E-state index contributed by atoms with van der Waals surface area (Å²) in [5.74, 6) is 1.25. The fourth-order valence-corrected chi connectivity index (χ4v) is 3.36. The maximum atomic E-state index is 13.1. The zero-order chi connectivity index (χ0) is 15.6. The molecule has 0 aliphatic carbocycles. The number of halogens is 4. The lowest BCUT2D eigenvalue weighted by atomic mass is 10.0. The molecular formula is C14H16BrF3N2S. The van der Waals surface area contributed by atoms with E-state index in [0.717, 1.165) is 18.2 Å². The van der Waals surface area contributed by atoms with Crippen molar-refractivity contribution in [3.63, 3.8) is 0 Å². The normalized spacial score (nSPS) is 19.6. The Bertz CT molecular complexity index is 544. The molecule has 0 saturated heterocycles. The van der Waals surface area contributed by atoms with E-state index in [0.29, 0.717) is 15.6 Å². The van der Waals surface area contributed by atoms with Crippen LogP contribution in [0.1, 0.15) is 25.8 Å². The Morgan fingerprint density at radius 3 is 2.71 bits per heavy atom. The molecule has 21 heavy (non-hydrogen) atoms. The minimum atomic E-state index is -4.40. The molecule has 1 atom stereocenters. The highest BCUT2D eigenvalue weighted by Gasteiger charge is 2.34. The monoisotopic (exact) mass is 380 g/mol. The third-order valence-electron chi connectivity index (χ3n) is 3.23. The molecule has 0 saturated carbocycles. The Hall–Kier alpha value is -0.690. The van der Waals surface area contributed by atoms with Gasteiger partial charge in [0.1, 0.15) is 0 Å². The maximum absolute atomic E-state index is 13.1. The van der Waals surface area contributed by atoms with Gasteiger partial charge in [-0.15, -0.1) is 0 Å². The number of rotatable bonds is 2. The van der Waals surface area contributed by atoms with Crippen LogP contribution in [0.25, 0.3) is 0 Å². The minimum Gasteiger partial charge on any atom is -0.334 e. The molecule has 1 aliphatic heterocycles. The van der Waals surface area contributed by atoms with Crippen molar-refractivity contribution in [2.45, 2.75) is 32.5 Å². The lowest BCUT2D eigenvalue weighted by molar-refractivity contribution is -0.136. The van der Waals surface area contributed by atoms with Crippen molar-refractivity contribution in [3.05, 3.63) is 28.2 Å². The zero-order valence-electron chi connectivity index (χ0n) is 11.7. The van der Waals surface area contributed by atoms with Crippen LogP contribution in [0.2, 0.25) is 0 Å². The van der Waals surface area contributed by atoms with E-state index in [4.69, 9.17) is 0 Å². The molecule has 7 heteroatoms. The summed E-state index contributed by atoms with van der Waals surface area (Å²) < 4.78 is 39.6. The number of thioether (sulfide) groups is 1. The van der Waals surface area contributed by atoms with E-state index in [-0.39, 0.29) is 11.7 Å². The molecule has 0 fully saturated rings. The number of hydrogen-bond donors (Lipinski definition) is 1. The summed E-state index contributed by atoms with van der Waals surface area (Å²) in [5.41, 5.74) is -0.645. The Morgan fingerprint density at radius 2 is 2.10 bits per heavy atom. The first-order valence-electron chi connectivity index (χ1n) is 6.61. The van der Waals surface area contributed by atoms with Gasteiger partial charge in [-0.2, -0.15) is 13.2 Å². The second kappa shape index (κ2) is 6.60. The predicted octanol–water partition coefficient (Wildman–Crippen LogP) is 5.40. The average Bonchev–Trinajstić information content (AvgIpc) is 2.40. The average molecular weight is 381 g/mol. The number of benzene rings is 1. The molecule has 1 aliphatic rings. The summed E-state index contributed by atoms with van der Waals surface area (Å²) >= 11 is 4.54. The van der Waals surface area contributed by atoms with Gasteiger partial charge in [-0.3, -0.25) is 4.99 Å². The molecule has 0 amide bonds. The predicted molar refractivity (Wildman–Crippen MR) is 85.9 cm³/mol. The summed E-state index contributed by atoms with van der Waals surface area (Å²) in [7, 11) is 0. The van der Waals surface area contributed by atoms with Crippen LogP contribution < -0.4 is 5.32 Å². The van der Waals surface area contributed by atoms with E-state index in [9.17, 15) is 13.2 Å². The molecule has 0 radical (unpaired) electrons. The molecule has 0 spiro atoms. The summed E-state index contributed by atoms with van der Waals surface area (Å²) in [4.78, 5) is 4.51. The molecule has 1 unspecified atom stereocenters. The molecule has 1 heterocycles. The fraction of sp³-hybridized carbons (Fsp3) is 0.500. The molecule has 1 N–H and O–H groups in total. The smallest absolute Gasteiger partial charge is 0.334 e. The number of amidine groups is 1. The van der Waals surface area contributed by atoms with E-state index >= 15 is 0 Å². The Morgan fingerprint density at radius 1 is 1.38 bits per heavy atom. The molecule has 0 aromatic heterocycles. The number of anilines is 1. The second-order valence-electron chi connectivity index (χ2n) is 5.20. The van der Waals surface area contributed by atoms with Gasteiger partial charge in [0.15, 0.2) is 5.17 Å². The number of hydrogen-bond acceptors (Lipinski definition) is 3. The summed E-state index contributed by atoms with van der Waals surface area (Å²) in [6.45, 7) is 4.14. The number of nitrogens with one attached hydrogen (secondary N) is 1. The SMILES string of the molecule is CC(C)C1CCSC(Nc2ccc(Br)cc2C(F)(F)F)=N1. The molecule has 0 bridgehead atoms. The standard InChI is InChI=1S/C14H16BrF3N2S/c1-8(2)11-5-6-21-13(19-11)20-12-4-3-9(15)7-10(12)14(16,17)18/h3-4,7-8,11H,5-6H2,1-2H3,(H,19,20). The lowest BCUT2D eigenvalue weighted by Gasteiger charge is -2.24. The van der Waals surface area contributed by atoms with E-state index in [1.807, 2.05) is 0 Å². The third kappa shape index (κ3) is 4.39. The van der Waals surface area contributed by atoms with Crippen LogP contribution in [-0.4, -0.2) is 17.0 Å². The van der Waals surface area contributed by atoms with Gasteiger partial charge in [-0.25, -0.2) is 0 Å². The Labute approximate surface area is 134 Å². The first kappa shape index (κ1) is 16.7. The molecule has 2 rings (SSSR count). The van der Waals surface area contributed by atoms with E-state index in [1.54, 1.807) is 6.07 Å². The van der Waals surface area contributed by atoms with Crippen LogP contribution in [0.4, 0.5) is 18.9 Å². The fourth-order valence-electron chi connectivity index (χ4n) is 2.05. The van der Waals surface area contributed by atoms with Crippen LogP contribution in [-0.2, 0) is 6.18 Å². The highest BCUT2D eigenvalue weighted by molar-refractivity contribution is 9.10. The van der Waals surface area contributed by atoms with Crippen LogP contribution in [0.3, 0.4) is 0 Å². The topological polar surface area (TPSA) is 24.4 Å². The van der Waals surface area contributed by atoms with Gasteiger partial charge in [0, 0.05) is 10.2 Å². The first-order chi connectivity index (χ1) is 9.77. The lowest BCUT2D eigenvalue weighted by Crippen LogP contribution is -2.24. The van der Waals surface area contributed by atoms with Crippen LogP contribution in [0.5, 0.6) is 0 Å². The summed E-state index contributed by atoms with van der Waals surface area (Å²) in [5, 5.41) is 3.40. The van der Waals surface area contributed by atoms with Gasteiger partial charge < -0.3 is 5.32 Å². The van der Waals surface area contributed by atoms with Gasteiger partial charge in [-0.1, -0.05) is 41.5 Å². The van der Waals surface area contributed by atoms with Crippen molar-refractivity contribution in [3.8, 4) is 0 Å². The number of aliphatic imine (C=N–C) groups is 1. The quantitative estimate of drug-likeness (QED) is 0.742. The number of nitrogens with zero attached hydrogens (tertiary/aromatic N) is 1. The van der Waals surface area contributed by atoms with Gasteiger partial charge in [0.05, 0.1) is 17.3 Å². The third-order valence-corrected chi connectivity index (χ3v) is 4.65. The van der Waals surface area contributed by atoms with Crippen molar-refractivity contribution in [2.24, 2.45) is 10.9 Å². The van der Waals surface area contributed by atoms with Crippen molar-refractivity contribution >= 4 is 38.5 Å². The van der Waals surface area contributed by atoms with Gasteiger partial charge in [-0.05, 0) is 30.5 Å². The second-order valence-corrected chi connectivity index (χ2v) is 7.19. The highest BCUT2D eigenvalue weighted by Crippen LogP contribution is 2.37. The van der Waals surface area contributed by atoms with Crippen molar-refractivity contribution in [1.29, 1.82) is 0 Å². The highest BCUT2D eigenvalue weighted by atomic mass is 79.9. The van der Waals surface area contributed by atoms with Crippen LogP contribution in [0, 0.1) is 5.92 Å².